The Morgan fingerprint density at radius 2 is 1.09 bits per heavy atom. The van der Waals surface area contributed by atoms with E-state index < -0.39 is 93.7 Å². The molecule has 826 valence electrons. The summed E-state index contributed by atoms with van der Waals surface area (Å²) < 4.78 is 141. The van der Waals surface area contributed by atoms with E-state index in [1.165, 1.54) is 18.3 Å². The van der Waals surface area contributed by atoms with Crippen LogP contribution in [0.3, 0.4) is 0 Å². The van der Waals surface area contributed by atoms with Crippen LogP contribution in [0.5, 0.6) is 0 Å². The van der Waals surface area contributed by atoms with Crippen LogP contribution in [0.15, 0.2) is 91.1 Å². The molecule has 4 aliphatic carbocycles. The topological polar surface area (TPSA) is 491 Å². The first-order valence-electron chi connectivity index (χ1n) is 51.6. The van der Waals surface area contributed by atoms with E-state index in [4.69, 9.17) is 95.3 Å². The summed E-state index contributed by atoms with van der Waals surface area (Å²) in [7, 11) is -1.45. The maximum absolute atomic E-state index is 14.3. The number of carboxylic acid groups (broad SMARTS) is 1. The lowest BCUT2D eigenvalue weighted by Crippen LogP contribution is -2.64. The minimum absolute atomic E-state index is 0.0117. The Kier molecular flexibility index (Phi) is 50.2. The number of thiazole rings is 1. The number of carbonyl (C=O) groups excluding carboxylic acids is 7. The van der Waals surface area contributed by atoms with Crippen LogP contribution in [0.1, 0.15) is 148 Å². The molecule has 0 radical (unpaired) electrons. The van der Waals surface area contributed by atoms with Gasteiger partial charge < -0.3 is 121 Å². The van der Waals surface area contributed by atoms with Crippen LogP contribution in [0.4, 0.5) is 21.4 Å². The van der Waals surface area contributed by atoms with E-state index in [9.17, 15) is 56.4 Å². The second-order valence-electron chi connectivity index (χ2n) is 39.2. The van der Waals surface area contributed by atoms with Crippen molar-refractivity contribution in [1.29, 1.82) is 0 Å². The zero-order valence-corrected chi connectivity index (χ0v) is 89.1. The minimum atomic E-state index is -4.70. The molecule has 6 aromatic rings. The third-order valence-electron chi connectivity index (χ3n) is 26.4. The van der Waals surface area contributed by atoms with E-state index >= 15 is 0 Å². The number of nitrogens with zero attached hydrogens (tertiary/aromatic N) is 7. The van der Waals surface area contributed by atoms with Crippen LogP contribution < -0.4 is 31.5 Å². The number of carboxylic acids is 1. The van der Waals surface area contributed by atoms with E-state index in [0.29, 0.717) is 320 Å². The number of amides is 7. The molecule has 0 spiro atoms. The summed E-state index contributed by atoms with van der Waals surface area (Å²) in [4.78, 5) is 122. The molecule has 4 fully saturated rings. The molecule has 0 saturated heterocycles. The number of anilines is 3. The van der Waals surface area contributed by atoms with E-state index in [0.717, 1.165) is 76.2 Å². The molecule has 6 aliphatic rings. The number of imide groups is 1. The van der Waals surface area contributed by atoms with Crippen molar-refractivity contribution in [2.45, 2.75) is 162 Å². The quantitative estimate of drug-likeness (QED) is 0.0106. The van der Waals surface area contributed by atoms with Gasteiger partial charge in [0.05, 0.1) is 219 Å². The van der Waals surface area contributed by atoms with Crippen LogP contribution in [0, 0.1) is 29.1 Å². The highest BCUT2D eigenvalue weighted by Gasteiger charge is 2.66. The smallest absolute Gasteiger partial charge is 0.407 e. The Morgan fingerprint density at radius 1 is 0.557 bits per heavy atom. The third-order valence-corrected chi connectivity index (χ3v) is 28.2. The van der Waals surface area contributed by atoms with Gasteiger partial charge in [0, 0.05) is 107 Å². The Hall–Kier alpha value is -9.60. The molecule has 4 saturated carbocycles. The summed E-state index contributed by atoms with van der Waals surface area (Å²) in [6.45, 7) is 26.8. The number of alkyl carbamates (subject to hydrolysis) is 1. The molecule has 5 heterocycles. The predicted molar refractivity (Wildman–Crippen MR) is 554 cm³/mol. The van der Waals surface area contributed by atoms with Crippen molar-refractivity contribution in [3.05, 3.63) is 130 Å². The van der Waals surface area contributed by atoms with Crippen molar-refractivity contribution in [2.75, 3.05) is 273 Å². The maximum Gasteiger partial charge on any atom is 0.407 e. The molecule has 149 heavy (non-hydrogen) atoms. The van der Waals surface area contributed by atoms with Crippen molar-refractivity contribution in [3.8, 4) is 11.1 Å². The van der Waals surface area contributed by atoms with Gasteiger partial charge in [-0.3, -0.25) is 48.2 Å². The number of hydrogen-bond acceptors (Lipinski definition) is 34. The molecule has 7 N–H and O–H groups in total. The summed E-state index contributed by atoms with van der Waals surface area (Å²) in [5, 5.41) is 30.2. The number of pyridine rings is 1. The molecule has 3 unspecified atom stereocenters. The van der Waals surface area contributed by atoms with Gasteiger partial charge >= 0.3 is 12.1 Å². The Bertz CT molecular complexity index is 5220. The average molecular weight is 2130 g/mol. The van der Waals surface area contributed by atoms with Crippen molar-refractivity contribution in [1.82, 2.24) is 45.5 Å². The van der Waals surface area contributed by atoms with Crippen molar-refractivity contribution in [3.63, 3.8) is 0 Å². The summed E-state index contributed by atoms with van der Waals surface area (Å²) in [5.74, 6) is -5.78. The van der Waals surface area contributed by atoms with Gasteiger partial charge in [0.15, 0.2) is 10.8 Å². The average Bonchev–Trinajstić information content (AvgIpc) is 1.44. The lowest BCUT2D eigenvalue weighted by atomic mass is 9.39. The van der Waals surface area contributed by atoms with Gasteiger partial charge in [-0.15, -0.1) is 0 Å². The summed E-state index contributed by atoms with van der Waals surface area (Å²) in [5.41, 5.74) is 5.04. The molecular weight excluding hydrogens is 1970 g/mol. The number of aromatic nitrogens is 4. The van der Waals surface area contributed by atoms with E-state index in [-0.39, 0.29) is 47.5 Å². The molecule has 5 atom stereocenters. The molecule has 2 aliphatic heterocycles. The zero-order valence-electron chi connectivity index (χ0n) is 87.5. The molecule has 3 aromatic carbocycles. The predicted octanol–water partition coefficient (Wildman–Crippen LogP) is 9.13. The molecule has 3 aromatic heterocycles. The van der Waals surface area contributed by atoms with Gasteiger partial charge in [-0.1, -0.05) is 69.4 Å². The second-order valence-corrected chi connectivity index (χ2v) is 41.7. The number of rotatable bonds is 78. The fourth-order valence-corrected chi connectivity index (χ4v) is 22.2. The summed E-state index contributed by atoms with van der Waals surface area (Å²) in [6.07, 6.45) is 10.5. The first kappa shape index (κ1) is 120. The second kappa shape index (κ2) is 62.5. The van der Waals surface area contributed by atoms with Gasteiger partial charge in [-0.05, 0) is 184 Å². The van der Waals surface area contributed by atoms with Crippen molar-refractivity contribution < 1.29 is 142 Å². The molecule has 7 amide bonds. The number of ether oxygens (including phenoxy) is 18. The molecule has 4 bridgehead atoms. The Morgan fingerprint density at radius 3 is 1.61 bits per heavy atom. The van der Waals surface area contributed by atoms with Crippen LogP contribution in [-0.2, 0) is 152 Å². The lowest BCUT2D eigenvalue weighted by molar-refractivity contribution is -0.248. The molecular formula is C105H154N12O30S2. The standard InChI is InChI=1S/C105H154N12O30S2/c1-76(2)94(112-91(118)66-116-92(119)24-25-93(116)120)98(123)107-77(3)96(121)108-82-21-20-81(80(63-82)16-12-28-114(29-13-32-132-39-41-136-47-49-140-55-57-144-61-59-142-53-51-138-45-43-134-37-35-130-7)30-14-33-133-40-42-137-48-50-141-56-58-145-62-60-143-54-52-139-46-44-135-38-36-131-8)67-146-101(126)109-83(68-149(127,128)129)27-34-147-105-72-102(5)69-103(6,73-105)71-104(70-102,74-105)75-117-78(4)86(64-106-117)84-22-23-90(111-95(84)99(124)125)115-31-26-79-15-11-17-85(87(79)65-115)97(122)113-100-110-88-18-9-10-19-89(88)148-100/h9-11,15,17-25,63-64,76-77,83,94H,12-14,16,26-62,65-75H2,1-8H3,(H,107,123)(H,108,121)(H,109,126)(H,112,118)(H,124,125)(H,110,113,122)(H,127,128,129)/t77-,83?,94-,102?,103?,104?,105?/m0/s1. The summed E-state index contributed by atoms with van der Waals surface area (Å²) >= 11 is 1.39. The number of aromatic carboxylic acids is 1. The number of carbonyl (C=O) groups is 8. The maximum atomic E-state index is 14.3. The number of benzene rings is 3. The molecule has 44 heteroatoms. The highest BCUT2D eigenvalue weighted by atomic mass is 32.2. The number of hydrogen-bond donors (Lipinski definition) is 7. The van der Waals surface area contributed by atoms with Crippen LogP contribution in [-0.4, -0.2) is 376 Å². The van der Waals surface area contributed by atoms with Crippen LogP contribution >= 0.6 is 11.3 Å². The largest absolute Gasteiger partial charge is 0.476 e. The van der Waals surface area contributed by atoms with Crippen molar-refractivity contribution >= 4 is 95.8 Å². The van der Waals surface area contributed by atoms with Crippen molar-refractivity contribution in [2.24, 2.45) is 22.2 Å². The fourth-order valence-electron chi connectivity index (χ4n) is 20.6. The summed E-state index contributed by atoms with van der Waals surface area (Å²) in [6, 6.07) is 18.5. The van der Waals surface area contributed by atoms with Gasteiger partial charge in [-0.2, -0.15) is 13.5 Å². The zero-order chi connectivity index (χ0) is 106. The van der Waals surface area contributed by atoms with E-state index in [2.05, 4.69) is 50.3 Å². The fraction of sp³-hybridized carbons (Fsp3) is 0.648. The number of para-hydroxylation sites is 1. The SMILES string of the molecule is COCCOCCOCCOCCOCCOCCOCCOCCCN(CCCOCCOCCOCCOCCOCCOCCOCCOC)CCCc1cc(NC(=O)[C@H](C)NC(=O)[C@@H](NC(=O)CN2C(=O)C=CC2=O)C(C)C)ccc1COC(=O)NC(CCOC12CC3(C)CC(C)(CC(Cn4ncc(-c5ccc(N6CCc7cccc(C(=O)Nc8nc9ccccc9s8)c7C6)nc5C(=O)O)c4C)(C3)C1)C2)CS(=O)(=O)O. The molecule has 12 rings (SSSR count). The van der Waals surface area contributed by atoms with E-state index in [1.54, 1.807) is 64.6 Å². The van der Waals surface area contributed by atoms with E-state index in [1.807, 2.05) is 59.0 Å². The van der Waals surface area contributed by atoms with Crippen LogP contribution in [0.2, 0.25) is 0 Å². The first-order chi connectivity index (χ1) is 71.9. The number of methoxy groups -OCH3 is 2. The normalized spacial score (nSPS) is 18.5. The highest BCUT2D eigenvalue weighted by Crippen LogP contribution is 2.72. The van der Waals surface area contributed by atoms with Gasteiger partial charge in [-0.25, -0.2) is 19.6 Å². The van der Waals surface area contributed by atoms with Gasteiger partial charge in [0.2, 0.25) is 17.7 Å². The van der Waals surface area contributed by atoms with Gasteiger partial charge in [0.1, 0.15) is 31.1 Å². The monoisotopic (exact) mass is 2130 g/mol. The van der Waals surface area contributed by atoms with Gasteiger partial charge in [0.25, 0.3) is 27.8 Å². The minimum Gasteiger partial charge on any atom is -0.476 e. The number of nitrogens with one attached hydrogen (secondary N) is 5. The Balaban J connectivity index is 0.692. The van der Waals surface area contributed by atoms with Crippen LogP contribution in [0.25, 0.3) is 21.3 Å². The Labute approximate surface area is 877 Å². The number of fused-ring (bicyclic) bond motifs is 2. The highest BCUT2D eigenvalue weighted by molar-refractivity contribution is 7.85. The first-order valence-corrected chi connectivity index (χ1v) is 54.0. The number of aryl methyl sites for hydroxylation is 1. The lowest BCUT2D eigenvalue weighted by Gasteiger charge is -2.69. The third kappa shape index (κ3) is 40.4. The molecule has 42 nitrogen and oxygen atoms in total.